The van der Waals surface area contributed by atoms with E-state index in [2.05, 4.69) is 42.5 Å². The molecular weight excluding hydrogens is 1250 g/mol. The van der Waals surface area contributed by atoms with Crippen molar-refractivity contribution < 1.29 is 69.8 Å². The van der Waals surface area contributed by atoms with Crippen molar-refractivity contribution in [2.75, 3.05) is 13.1 Å². The van der Waals surface area contributed by atoms with Crippen LogP contribution in [0.15, 0.2) is 0 Å². The van der Waals surface area contributed by atoms with Crippen molar-refractivity contribution >= 4 is 67.2 Å². The van der Waals surface area contributed by atoms with Gasteiger partial charge in [-0.1, -0.05) is 135 Å². The molecule has 21 heteroatoms. The smallest absolute Gasteiger partial charge is 0.307 e. The molecule has 10 fully saturated rings. The lowest BCUT2D eigenvalue weighted by molar-refractivity contribution is -0.162. The number of rotatable bonds is 24. The first-order chi connectivity index (χ1) is 43.4. The van der Waals surface area contributed by atoms with Crippen molar-refractivity contribution in [1.29, 1.82) is 0 Å². The predicted molar refractivity (Wildman–Crippen MR) is 365 cm³/mol. The van der Waals surface area contributed by atoms with Gasteiger partial charge < -0.3 is 24.8 Å². The number of fused-ring (bicyclic) bond motifs is 2. The number of nitrogens with one attached hydrogen (secondary N) is 3. The van der Waals surface area contributed by atoms with Crippen molar-refractivity contribution in [1.82, 2.24) is 19.7 Å². The highest BCUT2D eigenvalue weighted by atomic mass is 32.2. The Bertz CT molecular complexity index is 3260. The summed E-state index contributed by atoms with van der Waals surface area (Å²) >= 11 is 0. The third kappa shape index (κ3) is 13.5. The van der Waals surface area contributed by atoms with Crippen molar-refractivity contribution in [2.24, 2.45) is 77.8 Å². The molecule has 540 valence electrons. The largest absolute Gasteiger partial charge is 0.481 e. The molecule has 19 nitrogen and oxygen atoms in total. The van der Waals surface area contributed by atoms with E-state index < -0.39 is 110 Å². The molecule has 8 saturated carbocycles. The molecular formula is C74H122N4O15S2. The van der Waals surface area contributed by atoms with E-state index >= 15 is 0 Å². The van der Waals surface area contributed by atoms with Crippen LogP contribution >= 0.6 is 0 Å². The van der Waals surface area contributed by atoms with Crippen LogP contribution in [0.1, 0.15) is 293 Å². The number of nitrogens with zero attached hydrogens (tertiary/aromatic N) is 1. The van der Waals surface area contributed by atoms with Crippen LogP contribution in [0.2, 0.25) is 0 Å². The third-order valence-corrected chi connectivity index (χ3v) is 31.1. The van der Waals surface area contributed by atoms with Gasteiger partial charge in [0.2, 0.25) is 37.8 Å². The van der Waals surface area contributed by atoms with Gasteiger partial charge in [-0.15, -0.1) is 0 Å². The third-order valence-electron chi connectivity index (χ3n) is 26.7. The lowest BCUT2D eigenvalue weighted by atomic mass is 9.73. The van der Waals surface area contributed by atoms with E-state index in [0.29, 0.717) is 82.6 Å². The van der Waals surface area contributed by atoms with Crippen LogP contribution in [0.3, 0.4) is 0 Å². The van der Waals surface area contributed by atoms with E-state index in [4.69, 9.17) is 14.6 Å². The number of hydrogen-bond acceptors (Lipinski definition) is 15. The van der Waals surface area contributed by atoms with Gasteiger partial charge in [-0.25, -0.2) is 16.8 Å². The molecule has 0 aromatic heterocycles. The first kappa shape index (κ1) is 76.8. The van der Waals surface area contributed by atoms with Gasteiger partial charge >= 0.3 is 17.9 Å². The number of carboxylic acid groups (broad SMARTS) is 1. The molecule has 4 N–H and O–H groups in total. The topological polar surface area (TPSA) is 283 Å². The summed E-state index contributed by atoms with van der Waals surface area (Å²) in [5.41, 5.74) is -3.49. The molecule has 10 rings (SSSR count). The fourth-order valence-corrected chi connectivity index (χ4v) is 23.3. The summed E-state index contributed by atoms with van der Waals surface area (Å²) < 4.78 is 66.7. The molecule has 0 unspecified atom stereocenters. The number of hydrogen-bond donors (Lipinski definition) is 4. The molecule has 2 aliphatic heterocycles. The lowest BCUT2D eigenvalue weighted by Crippen LogP contribution is -2.49. The second-order valence-corrected chi connectivity index (χ2v) is 41.0. The van der Waals surface area contributed by atoms with Gasteiger partial charge in [-0.05, 0) is 181 Å². The number of ketones is 2. The predicted octanol–water partition coefficient (Wildman–Crippen LogP) is 12.5. The molecule has 4 spiro atoms. The molecule has 0 aromatic carbocycles. The molecule has 2 heterocycles. The number of amides is 3. The Kier molecular flexibility index (Phi) is 20.4. The van der Waals surface area contributed by atoms with Crippen LogP contribution in [0.25, 0.3) is 0 Å². The van der Waals surface area contributed by atoms with Crippen molar-refractivity contribution in [3.8, 4) is 0 Å². The highest BCUT2D eigenvalue weighted by Crippen LogP contribution is 2.89. The maximum Gasteiger partial charge on any atom is 0.307 e. The minimum absolute atomic E-state index is 0.0409. The maximum atomic E-state index is 14.7. The lowest BCUT2D eigenvalue weighted by Gasteiger charge is -2.36. The van der Waals surface area contributed by atoms with E-state index in [1.807, 2.05) is 48.5 Å². The summed E-state index contributed by atoms with van der Waals surface area (Å²) in [6.45, 7) is 40.4. The van der Waals surface area contributed by atoms with Gasteiger partial charge in [0, 0.05) is 31.3 Å². The minimum atomic E-state index is -3.87. The molecule has 0 radical (unpaired) electrons. The molecule has 2 saturated heterocycles. The zero-order chi connectivity index (χ0) is 71.6. The van der Waals surface area contributed by atoms with Crippen molar-refractivity contribution in [3.63, 3.8) is 0 Å². The number of likely N-dealkylation sites (tertiary alicyclic amines) is 1. The molecule has 10 atom stereocenters. The summed E-state index contributed by atoms with van der Waals surface area (Å²) in [5, 5.41) is 12.6. The Morgan fingerprint density at radius 2 is 0.926 bits per heavy atom. The number of Topliss-reactive ketones (excluding diaryl/α,β-unsaturated/α-hetero) is 2. The van der Waals surface area contributed by atoms with Crippen molar-refractivity contribution in [3.05, 3.63) is 0 Å². The minimum Gasteiger partial charge on any atom is -0.481 e. The number of carbonyl (C=O) groups is 8. The van der Waals surface area contributed by atoms with Gasteiger partial charge in [-0.2, -0.15) is 0 Å². The molecule has 95 heavy (non-hydrogen) atoms. The molecule has 3 amide bonds. The Balaban J connectivity index is 0.000000207. The average Bonchev–Trinajstić information content (AvgIpc) is 1.46. The van der Waals surface area contributed by atoms with Crippen LogP contribution in [0.4, 0.5) is 0 Å². The average molecular weight is 1370 g/mol. The summed E-state index contributed by atoms with van der Waals surface area (Å²) in [7, 11) is -7.57. The summed E-state index contributed by atoms with van der Waals surface area (Å²) in [6.07, 6.45) is 15.9. The Morgan fingerprint density at radius 3 is 1.24 bits per heavy atom. The number of ether oxygens (including phenoxy) is 2. The van der Waals surface area contributed by atoms with Crippen LogP contribution in [-0.2, 0) is 67.9 Å². The van der Waals surface area contributed by atoms with E-state index in [1.165, 1.54) is 19.3 Å². The van der Waals surface area contributed by atoms with Gasteiger partial charge in [0.05, 0.1) is 57.1 Å². The van der Waals surface area contributed by atoms with Gasteiger partial charge in [0.1, 0.15) is 11.2 Å². The number of carboxylic acids is 1. The highest BCUT2D eigenvalue weighted by molar-refractivity contribution is 7.92. The number of carbonyl (C=O) groups excluding carboxylic acids is 7. The number of aliphatic carboxylic acids is 1. The monoisotopic (exact) mass is 1370 g/mol. The van der Waals surface area contributed by atoms with E-state index in [9.17, 15) is 55.2 Å². The van der Waals surface area contributed by atoms with Gasteiger partial charge in [-0.3, -0.25) is 47.8 Å². The van der Waals surface area contributed by atoms with Crippen molar-refractivity contribution in [2.45, 2.75) is 325 Å². The quantitative estimate of drug-likeness (QED) is 0.0654. The normalized spacial score (nSPS) is 31.6. The van der Waals surface area contributed by atoms with Crippen LogP contribution in [-0.4, -0.2) is 120 Å². The van der Waals surface area contributed by atoms with Gasteiger partial charge in [0.15, 0.2) is 11.6 Å². The number of esters is 2. The fourth-order valence-electron chi connectivity index (χ4n) is 19.7. The maximum absolute atomic E-state index is 14.7. The standard InChI is InChI=1S/C37H60N2O7S.C25H40N2O4S.C12H22O4/c1-11-14-34(17-18-34)47(44,45)38-30(43)35(20-24(35)12-2)22-27(40)26-21-37(33(9,10)36(37)15-13-16-36)23-39(26)29(42)25(31(3,4)5)19-28(41)46-32(6,7)8;1-5-8-22(11-12-22)32(30,31)27-20(29)23(13-17(23)6-2)15-19(28)18-14-25(16-26-18)21(3,4)24(25)9-7-10-24;1-11(2,3)8(10(14)15)7-9(13)16-12(4,5)6/h24-26H,11-23H2,1-10H3,(H,38,43);17-18,26H,5-16H2,1-4H3,(H,27,29);8H,7H2,1-6H3,(H,14,15)/t24-,25-,26+,35-,37-;17-,18+,23-,25-;8-/m111/s1. The van der Waals surface area contributed by atoms with Crippen LogP contribution in [0.5, 0.6) is 0 Å². The summed E-state index contributed by atoms with van der Waals surface area (Å²) in [6, 6.07) is -0.928. The fraction of sp³-hybridized carbons (Fsp3) is 0.892. The second kappa shape index (κ2) is 25.3. The van der Waals surface area contributed by atoms with Crippen LogP contribution in [0, 0.1) is 77.8 Å². The first-order valence-electron chi connectivity index (χ1n) is 36.3. The van der Waals surface area contributed by atoms with E-state index in [0.717, 1.165) is 45.1 Å². The molecule has 0 bridgehead atoms. The van der Waals surface area contributed by atoms with Gasteiger partial charge in [0.25, 0.3) is 0 Å². The Morgan fingerprint density at radius 1 is 0.537 bits per heavy atom. The molecule has 0 aromatic rings. The Hall–Kier alpha value is -3.98. The summed E-state index contributed by atoms with van der Waals surface area (Å²) in [5.74, 6) is -4.57. The van der Waals surface area contributed by atoms with E-state index in [1.54, 1.807) is 67.2 Å². The molecule has 10 aliphatic rings. The zero-order valence-corrected chi connectivity index (χ0v) is 63.4. The zero-order valence-electron chi connectivity index (χ0n) is 61.8. The van der Waals surface area contributed by atoms with E-state index in [-0.39, 0.29) is 88.1 Å². The number of sulfonamides is 2. The summed E-state index contributed by atoms with van der Waals surface area (Å²) in [4.78, 5) is 107. The molecule has 8 aliphatic carbocycles. The SMILES string of the molecule is CC(C)(C)OC(=O)C[C@H](C(=O)O)C(C)(C)C.CCCC1(S(=O)(=O)NC(=O)[C@@]2(CC(=O)[C@@H]3C[C@@]4(CN3)C(C)(C)C43CCC3)C[C@H]2CC)CC1.CCCC1(S(=O)(=O)NC(=O)[C@@]2(CC(=O)[C@@H]3C[C@@]4(CN3C(=O)[C@@H](CC(=O)OC(C)(C)C)C(C)(C)C)C(C)(C)C43CCC3)C[C@H]2CC)CC1. The van der Waals surface area contributed by atoms with Crippen LogP contribution < -0.4 is 14.8 Å². The Labute approximate surface area is 570 Å². The first-order valence-corrected chi connectivity index (χ1v) is 39.2. The highest BCUT2D eigenvalue weighted by Gasteiger charge is 2.86. The second-order valence-electron chi connectivity index (χ2n) is 36.8.